The van der Waals surface area contributed by atoms with Crippen LogP contribution in [-0.4, -0.2) is 47.4 Å². The molecule has 0 radical (unpaired) electrons. The highest BCUT2D eigenvalue weighted by atomic mass is 16.5. The number of hydrogen-bond acceptors (Lipinski definition) is 6. The zero-order chi connectivity index (χ0) is 22.8. The fourth-order valence-electron chi connectivity index (χ4n) is 3.87. The van der Waals surface area contributed by atoms with Gasteiger partial charge in [-0.3, -0.25) is 14.6 Å². The second kappa shape index (κ2) is 8.76. The van der Waals surface area contributed by atoms with E-state index in [1.165, 1.54) is 13.0 Å². The van der Waals surface area contributed by atoms with Gasteiger partial charge in [0, 0.05) is 36.2 Å². The van der Waals surface area contributed by atoms with Crippen molar-refractivity contribution in [2.24, 2.45) is 5.73 Å². The summed E-state index contributed by atoms with van der Waals surface area (Å²) >= 11 is 0. The molecule has 1 atom stereocenters. The third-order valence-electron chi connectivity index (χ3n) is 5.54. The number of ether oxygens (including phenoxy) is 1. The highest BCUT2D eigenvalue weighted by Crippen LogP contribution is 2.28. The summed E-state index contributed by atoms with van der Waals surface area (Å²) < 4.78 is 5.57. The van der Waals surface area contributed by atoms with Crippen molar-refractivity contribution in [2.45, 2.75) is 26.0 Å². The smallest absolute Gasteiger partial charge is 0.339 e. The van der Waals surface area contributed by atoms with Gasteiger partial charge >= 0.3 is 5.97 Å². The number of amides is 2. The number of carbonyl (C=O) groups is 3. The molecular weight excluding hydrogens is 408 g/mol. The van der Waals surface area contributed by atoms with Gasteiger partial charge < -0.3 is 20.7 Å². The van der Waals surface area contributed by atoms with Gasteiger partial charge in [0.25, 0.3) is 11.8 Å². The van der Waals surface area contributed by atoms with Gasteiger partial charge in [0.1, 0.15) is 0 Å². The quantitative estimate of drug-likeness (QED) is 0.599. The summed E-state index contributed by atoms with van der Waals surface area (Å²) in [4.78, 5) is 44.4. The lowest BCUT2D eigenvalue weighted by molar-refractivity contribution is -0.123. The first-order valence-corrected chi connectivity index (χ1v) is 10.3. The third-order valence-corrected chi connectivity index (χ3v) is 5.54. The molecule has 1 unspecified atom stereocenters. The van der Waals surface area contributed by atoms with Crippen molar-refractivity contribution in [1.29, 1.82) is 0 Å². The molecular formula is C24H24N4O4. The van der Waals surface area contributed by atoms with Gasteiger partial charge in [-0.25, -0.2) is 4.79 Å². The van der Waals surface area contributed by atoms with Crippen molar-refractivity contribution in [1.82, 2.24) is 9.88 Å². The molecule has 8 heteroatoms. The average molecular weight is 432 g/mol. The SMILES string of the molecule is CC(OC(=O)c1c2c(nc3ccccc13)CCN(C)C2)C(=O)Nc1ccccc1C(N)=O. The van der Waals surface area contributed by atoms with Crippen molar-refractivity contribution in [2.75, 3.05) is 18.9 Å². The molecule has 0 aliphatic carbocycles. The van der Waals surface area contributed by atoms with Crippen LogP contribution in [0, 0.1) is 0 Å². The van der Waals surface area contributed by atoms with Crippen molar-refractivity contribution in [3.63, 3.8) is 0 Å². The molecule has 0 saturated carbocycles. The predicted molar refractivity (Wildman–Crippen MR) is 120 cm³/mol. The zero-order valence-corrected chi connectivity index (χ0v) is 17.9. The number of aromatic nitrogens is 1. The van der Waals surface area contributed by atoms with E-state index in [1.807, 2.05) is 31.3 Å². The lowest BCUT2D eigenvalue weighted by Gasteiger charge is -2.27. The lowest BCUT2D eigenvalue weighted by Crippen LogP contribution is -2.33. The Hall–Kier alpha value is -3.78. The van der Waals surface area contributed by atoms with Crippen LogP contribution < -0.4 is 11.1 Å². The molecule has 0 fully saturated rings. The molecule has 2 amide bonds. The number of hydrogen-bond donors (Lipinski definition) is 2. The molecule has 1 aliphatic heterocycles. The van der Waals surface area contributed by atoms with Crippen LogP contribution in [0.5, 0.6) is 0 Å². The van der Waals surface area contributed by atoms with E-state index in [4.69, 9.17) is 15.5 Å². The molecule has 2 heterocycles. The molecule has 3 aromatic rings. The number of carbonyl (C=O) groups excluding carboxylic acids is 3. The van der Waals surface area contributed by atoms with Gasteiger partial charge in [0.15, 0.2) is 6.10 Å². The number of nitrogens with zero attached hydrogens (tertiary/aromatic N) is 2. The Morgan fingerprint density at radius 2 is 1.84 bits per heavy atom. The van der Waals surface area contributed by atoms with E-state index in [1.54, 1.807) is 18.2 Å². The van der Waals surface area contributed by atoms with Crippen molar-refractivity contribution < 1.29 is 19.1 Å². The van der Waals surface area contributed by atoms with Crippen LogP contribution in [0.15, 0.2) is 48.5 Å². The first-order chi connectivity index (χ1) is 15.3. The van der Waals surface area contributed by atoms with E-state index in [-0.39, 0.29) is 11.3 Å². The average Bonchev–Trinajstić information content (AvgIpc) is 2.77. The number of likely N-dealkylation sites (N-methyl/N-ethyl adjacent to an activating group) is 1. The molecule has 1 aliphatic rings. The number of nitrogens with one attached hydrogen (secondary N) is 1. The Balaban J connectivity index is 1.61. The Morgan fingerprint density at radius 3 is 2.62 bits per heavy atom. The fourth-order valence-corrected chi connectivity index (χ4v) is 3.87. The maximum Gasteiger partial charge on any atom is 0.339 e. The van der Waals surface area contributed by atoms with E-state index < -0.39 is 23.9 Å². The van der Waals surface area contributed by atoms with E-state index in [0.29, 0.717) is 17.5 Å². The Bertz CT molecular complexity index is 1220. The number of primary amides is 1. The van der Waals surface area contributed by atoms with E-state index in [9.17, 15) is 14.4 Å². The first-order valence-electron chi connectivity index (χ1n) is 10.3. The van der Waals surface area contributed by atoms with Crippen molar-refractivity contribution in [3.05, 3.63) is 70.9 Å². The maximum atomic E-state index is 13.3. The third kappa shape index (κ3) is 4.17. The zero-order valence-electron chi connectivity index (χ0n) is 17.9. The van der Waals surface area contributed by atoms with Gasteiger partial charge in [0.05, 0.1) is 22.3 Å². The number of rotatable bonds is 5. The van der Waals surface area contributed by atoms with Gasteiger partial charge in [0.2, 0.25) is 0 Å². The monoisotopic (exact) mass is 432 g/mol. The standard InChI is InChI=1S/C24H24N4O4/c1-14(23(30)27-19-10-6-4-8-16(19)22(25)29)32-24(31)21-15-7-3-5-9-18(15)26-20-11-12-28(2)13-17(20)21/h3-10,14H,11-13H2,1-2H3,(H2,25,29)(H,27,30). The molecule has 32 heavy (non-hydrogen) atoms. The van der Waals surface area contributed by atoms with E-state index in [2.05, 4.69) is 10.2 Å². The molecule has 0 spiro atoms. The predicted octanol–water partition coefficient (Wildman–Crippen LogP) is 2.51. The van der Waals surface area contributed by atoms with Crippen LogP contribution in [0.25, 0.3) is 10.9 Å². The molecule has 1 aromatic heterocycles. The highest BCUT2D eigenvalue weighted by molar-refractivity contribution is 6.07. The summed E-state index contributed by atoms with van der Waals surface area (Å²) in [5.74, 6) is -1.80. The number of nitrogens with two attached hydrogens (primary N) is 1. The Morgan fingerprint density at radius 1 is 1.12 bits per heavy atom. The molecule has 164 valence electrons. The largest absolute Gasteiger partial charge is 0.449 e. The number of fused-ring (bicyclic) bond motifs is 2. The van der Waals surface area contributed by atoms with Crippen molar-refractivity contribution >= 4 is 34.4 Å². The number of benzene rings is 2. The van der Waals surface area contributed by atoms with Crippen LogP contribution >= 0.6 is 0 Å². The van der Waals surface area contributed by atoms with Gasteiger partial charge in [-0.05, 0) is 32.2 Å². The van der Waals surface area contributed by atoms with Gasteiger partial charge in [-0.15, -0.1) is 0 Å². The number of pyridine rings is 1. The summed E-state index contributed by atoms with van der Waals surface area (Å²) in [7, 11) is 1.99. The van der Waals surface area contributed by atoms with Gasteiger partial charge in [-0.2, -0.15) is 0 Å². The topological polar surface area (TPSA) is 115 Å². The first kappa shape index (κ1) is 21.5. The maximum absolute atomic E-state index is 13.3. The van der Waals surface area contributed by atoms with Crippen LogP contribution in [0.4, 0.5) is 5.69 Å². The molecule has 0 bridgehead atoms. The summed E-state index contributed by atoms with van der Waals surface area (Å²) in [6.07, 6.45) is -0.357. The second-order valence-electron chi connectivity index (χ2n) is 7.86. The Labute approximate surface area is 185 Å². The summed E-state index contributed by atoms with van der Waals surface area (Å²) in [6.45, 7) is 2.91. The van der Waals surface area contributed by atoms with Crippen molar-refractivity contribution in [3.8, 4) is 0 Å². The highest BCUT2D eigenvalue weighted by Gasteiger charge is 2.28. The number of esters is 1. The summed E-state index contributed by atoms with van der Waals surface area (Å²) in [6, 6.07) is 13.8. The fraction of sp³-hybridized carbons (Fsp3) is 0.250. The normalized spacial score (nSPS) is 14.4. The van der Waals surface area contributed by atoms with Crippen LogP contribution in [0.1, 0.15) is 38.9 Å². The second-order valence-corrected chi connectivity index (χ2v) is 7.86. The lowest BCUT2D eigenvalue weighted by atomic mass is 9.96. The van der Waals surface area contributed by atoms with E-state index in [0.717, 1.165) is 29.7 Å². The minimum atomic E-state index is -1.09. The van der Waals surface area contributed by atoms with Crippen LogP contribution in [0.2, 0.25) is 0 Å². The van der Waals surface area contributed by atoms with Crippen LogP contribution in [-0.2, 0) is 22.5 Å². The molecule has 0 saturated heterocycles. The molecule has 8 nitrogen and oxygen atoms in total. The minimum absolute atomic E-state index is 0.177. The summed E-state index contributed by atoms with van der Waals surface area (Å²) in [5, 5.41) is 3.31. The number of para-hydroxylation sites is 2. The Kier molecular flexibility index (Phi) is 5.87. The van der Waals surface area contributed by atoms with Crippen LogP contribution in [0.3, 0.4) is 0 Å². The summed E-state index contributed by atoms with van der Waals surface area (Å²) in [5.41, 5.74) is 8.67. The molecule has 4 rings (SSSR count). The van der Waals surface area contributed by atoms with E-state index >= 15 is 0 Å². The minimum Gasteiger partial charge on any atom is -0.449 e. The van der Waals surface area contributed by atoms with Gasteiger partial charge in [-0.1, -0.05) is 30.3 Å². The number of anilines is 1. The molecule has 2 aromatic carbocycles. The molecule has 3 N–H and O–H groups in total.